The average molecular weight is 446 g/mol. The summed E-state index contributed by atoms with van der Waals surface area (Å²) in [7, 11) is 0. The number of hydrogen-bond donors (Lipinski definition) is 3. The van der Waals surface area contributed by atoms with Gasteiger partial charge in [0.2, 0.25) is 0 Å². The van der Waals surface area contributed by atoms with Crippen molar-refractivity contribution in [2.45, 2.75) is 20.8 Å². The van der Waals surface area contributed by atoms with Gasteiger partial charge in [-0.3, -0.25) is 9.36 Å². The summed E-state index contributed by atoms with van der Waals surface area (Å²) in [5.41, 5.74) is 15.8. The molecule has 5 N–H and O–H groups in total. The molecule has 0 aliphatic rings. The number of halogens is 1. The molecule has 0 fully saturated rings. The summed E-state index contributed by atoms with van der Waals surface area (Å²) < 4.78 is 3.02. The lowest BCUT2D eigenvalue weighted by Crippen LogP contribution is -2.14. The molecule has 0 aliphatic carbocycles. The zero-order valence-electron chi connectivity index (χ0n) is 14.8. The lowest BCUT2D eigenvalue weighted by Gasteiger charge is -2.16. The normalized spacial score (nSPS) is 11.6. The molecule has 138 valence electrons. The standard InChI is InChI=1S/C18H16BrN5O2S/c1-6-4-5-9(25)7(2)12(6)24-13-10(11(16(24)20)17(21)26)15(19)23-18-14(13)27-8(3)22-18/h4-5,25H,20H2,1-3H3,(H2,21,26). The molecule has 0 spiro atoms. The summed E-state index contributed by atoms with van der Waals surface area (Å²) >= 11 is 4.91. The Bertz CT molecular complexity index is 1270. The molecule has 1 amide bonds. The second-order valence-electron chi connectivity index (χ2n) is 6.35. The van der Waals surface area contributed by atoms with E-state index >= 15 is 0 Å². The van der Waals surface area contributed by atoms with E-state index < -0.39 is 5.91 Å². The third kappa shape index (κ3) is 2.42. The molecule has 0 bridgehead atoms. The van der Waals surface area contributed by atoms with E-state index in [4.69, 9.17) is 11.5 Å². The highest BCUT2D eigenvalue weighted by molar-refractivity contribution is 9.10. The molecule has 1 aromatic carbocycles. The summed E-state index contributed by atoms with van der Waals surface area (Å²) in [4.78, 5) is 21.2. The van der Waals surface area contributed by atoms with E-state index in [9.17, 15) is 9.90 Å². The third-order valence-electron chi connectivity index (χ3n) is 4.62. The molecule has 4 rings (SSSR count). The fourth-order valence-corrected chi connectivity index (χ4v) is 4.91. The van der Waals surface area contributed by atoms with Crippen LogP contribution in [0.4, 0.5) is 5.82 Å². The van der Waals surface area contributed by atoms with Crippen LogP contribution in [-0.2, 0) is 0 Å². The number of aromatic hydroxyl groups is 1. The van der Waals surface area contributed by atoms with E-state index in [0.29, 0.717) is 32.4 Å². The van der Waals surface area contributed by atoms with Crippen LogP contribution < -0.4 is 11.5 Å². The summed E-state index contributed by atoms with van der Waals surface area (Å²) in [5.74, 6) is -0.299. The van der Waals surface area contributed by atoms with Gasteiger partial charge in [0.05, 0.1) is 26.5 Å². The van der Waals surface area contributed by atoms with Crippen molar-refractivity contribution < 1.29 is 9.90 Å². The number of primary amides is 1. The molecule has 0 unspecified atom stereocenters. The van der Waals surface area contributed by atoms with Crippen molar-refractivity contribution in [1.29, 1.82) is 0 Å². The molecule has 0 atom stereocenters. The molecule has 3 aromatic heterocycles. The predicted molar refractivity (Wildman–Crippen MR) is 111 cm³/mol. The third-order valence-corrected chi connectivity index (χ3v) is 6.16. The monoisotopic (exact) mass is 445 g/mol. The number of phenolic OH excluding ortho intramolecular Hbond substituents is 1. The lowest BCUT2D eigenvalue weighted by molar-refractivity contribution is 0.100. The number of nitrogens with zero attached hydrogens (tertiary/aromatic N) is 3. The van der Waals surface area contributed by atoms with Crippen molar-refractivity contribution in [3.05, 3.63) is 38.4 Å². The number of nitrogens with two attached hydrogens (primary N) is 2. The Morgan fingerprint density at radius 1 is 1.26 bits per heavy atom. The Balaban J connectivity index is 2.34. The maximum Gasteiger partial charge on any atom is 0.253 e. The summed E-state index contributed by atoms with van der Waals surface area (Å²) in [6.45, 7) is 5.61. The van der Waals surface area contributed by atoms with Crippen LogP contribution in [0.15, 0.2) is 16.7 Å². The summed E-state index contributed by atoms with van der Waals surface area (Å²) in [6.07, 6.45) is 0. The van der Waals surface area contributed by atoms with Gasteiger partial charge in [0.25, 0.3) is 5.91 Å². The fourth-order valence-electron chi connectivity index (χ4n) is 3.45. The van der Waals surface area contributed by atoms with Crippen LogP contribution >= 0.6 is 27.3 Å². The highest BCUT2D eigenvalue weighted by Crippen LogP contribution is 2.42. The Hall–Kier alpha value is -2.65. The maximum atomic E-state index is 12.2. The minimum absolute atomic E-state index is 0.141. The van der Waals surface area contributed by atoms with E-state index in [0.717, 1.165) is 15.3 Å². The first-order valence-electron chi connectivity index (χ1n) is 8.08. The predicted octanol–water partition coefficient (Wildman–Crippen LogP) is 3.71. The minimum atomic E-state index is -0.644. The van der Waals surface area contributed by atoms with Crippen molar-refractivity contribution in [2.75, 3.05) is 5.73 Å². The number of amides is 1. The fraction of sp³-hybridized carbons (Fsp3) is 0.167. The molecular formula is C18H16BrN5O2S. The number of nitrogen functional groups attached to an aromatic ring is 1. The number of rotatable bonds is 2. The second kappa shape index (κ2) is 5.93. The van der Waals surface area contributed by atoms with E-state index in [2.05, 4.69) is 25.9 Å². The van der Waals surface area contributed by atoms with Gasteiger partial charge < -0.3 is 16.6 Å². The number of carbonyl (C=O) groups is 1. The first kappa shape index (κ1) is 17.7. The van der Waals surface area contributed by atoms with Crippen LogP contribution in [0.2, 0.25) is 0 Å². The number of carbonyl (C=O) groups excluding carboxylic acids is 1. The zero-order valence-corrected chi connectivity index (χ0v) is 17.2. The molecule has 7 nitrogen and oxygen atoms in total. The van der Waals surface area contributed by atoms with E-state index in [1.807, 2.05) is 13.8 Å². The van der Waals surface area contributed by atoms with Gasteiger partial charge >= 0.3 is 0 Å². The molecule has 27 heavy (non-hydrogen) atoms. The van der Waals surface area contributed by atoms with Gasteiger partial charge in [0, 0.05) is 10.9 Å². The number of fused-ring (bicyclic) bond motifs is 3. The SMILES string of the molecule is Cc1nc2nc(Br)c3c(C(N)=O)c(N)n(-c4c(C)ccc(O)c4C)c3c2s1. The minimum Gasteiger partial charge on any atom is -0.508 e. The van der Waals surface area contributed by atoms with Crippen molar-refractivity contribution in [3.63, 3.8) is 0 Å². The molecule has 3 heterocycles. The summed E-state index contributed by atoms with van der Waals surface area (Å²) in [5, 5.41) is 11.6. The number of benzene rings is 1. The Labute approximate surface area is 166 Å². The van der Waals surface area contributed by atoms with Crippen molar-refractivity contribution >= 4 is 60.2 Å². The molecule has 0 radical (unpaired) electrons. The molecule has 0 aliphatic heterocycles. The number of hydrogen-bond acceptors (Lipinski definition) is 6. The van der Waals surface area contributed by atoms with E-state index in [1.165, 1.54) is 11.3 Å². The maximum absolute atomic E-state index is 12.2. The van der Waals surface area contributed by atoms with Gasteiger partial charge in [-0.25, -0.2) is 9.97 Å². The first-order chi connectivity index (χ1) is 12.7. The van der Waals surface area contributed by atoms with Crippen LogP contribution in [0.5, 0.6) is 5.75 Å². The van der Waals surface area contributed by atoms with Crippen molar-refractivity contribution in [3.8, 4) is 11.4 Å². The largest absolute Gasteiger partial charge is 0.508 e. The van der Waals surface area contributed by atoms with Crippen molar-refractivity contribution in [1.82, 2.24) is 14.5 Å². The van der Waals surface area contributed by atoms with Crippen LogP contribution in [0.1, 0.15) is 26.5 Å². The van der Waals surface area contributed by atoms with Crippen LogP contribution in [0.3, 0.4) is 0 Å². The topological polar surface area (TPSA) is 120 Å². The zero-order chi connectivity index (χ0) is 19.6. The van der Waals surface area contributed by atoms with Gasteiger partial charge in [0.1, 0.15) is 16.2 Å². The molecule has 0 saturated carbocycles. The molecule has 0 saturated heterocycles. The number of phenols is 1. The van der Waals surface area contributed by atoms with Gasteiger partial charge in [-0.05, 0) is 48.3 Å². The summed E-state index contributed by atoms with van der Waals surface area (Å²) in [6, 6.07) is 3.44. The van der Waals surface area contributed by atoms with Gasteiger partial charge in [-0.2, -0.15) is 0 Å². The Morgan fingerprint density at radius 3 is 2.63 bits per heavy atom. The first-order valence-corrected chi connectivity index (χ1v) is 9.69. The molecular weight excluding hydrogens is 430 g/mol. The smallest absolute Gasteiger partial charge is 0.253 e. The lowest BCUT2D eigenvalue weighted by atomic mass is 10.1. The Kier molecular flexibility index (Phi) is 3.90. The number of aryl methyl sites for hydroxylation is 2. The van der Waals surface area contributed by atoms with E-state index in [1.54, 1.807) is 23.6 Å². The van der Waals surface area contributed by atoms with Crippen LogP contribution in [0, 0.1) is 20.8 Å². The van der Waals surface area contributed by atoms with Crippen molar-refractivity contribution in [2.24, 2.45) is 5.73 Å². The number of anilines is 1. The van der Waals surface area contributed by atoms with Crippen LogP contribution in [-0.4, -0.2) is 25.5 Å². The number of pyridine rings is 1. The van der Waals surface area contributed by atoms with Gasteiger partial charge in [-0.1, -0.05) is 6.07 Å². The van der Waals surface area contributed by atoms with Crippen LogP contribution in [0.25, 0.3) is 26.9 Å². The highest BCUT2D eigenvalue weighted by Gasteiger charge is 2.27. The average Bonchev–Trinajstić information content (AvgIpc) is 3.09. The molecule has 4 aromatic rings. The second-order valence-corrected chi connectivity index (χ2v) is 8.30. The molecule has 9 heteroatoms. The highest BCUT2D eigenvalue weighted by atomic mass is 79.9. The quantitative estimate of drug-likeness (QED) is 0.406. The van der Waals surface area contributed by atoms with E-state index in [-0.39, 0.29) is 17.1 Å². The Morgan fingerprint density at radius 2 is 1.96 bits per heavy atom. The number of thiazole rings is 1. The number of aromatic nitrogens is 3. The van der Waals surface area contributed by atoms with Gasteiger partial charge in [0.15, 0.2) is 5.65 Å². The van der Waals surface area contributed by atoms with Gasteiger partial charge in [-0.15, -0.1) is 11.3 Å².